The number of carbonyl (C=O) groups is 1. The van der Waals surface area contributed by atoms with Gasteiger partial charge in [0.15, 0.2) is 0 Å². The van der Waals surface area contributed by atoms with Crippen molar-refractivity contribution in [3.05, 3.63) is 68.1 Å². The highest BCUT2D eigenvalue weighted by molar-refractivity contribution is 7.10. The number of H-pyrrole nitrogens is 1. The summed E-state index contributed by atoms with van der Waals surface area (Å²) in [5.74, 6) is -0.0702. The zero-order valence-electron chi connectivity index (χ0n) is 11.8. The summed E-state index contributed by atoms with van der Waals surface area (Å²) in [5.41, 5.74) is 2.17. The van der Waals surface area contributed by atoms with Crippen LogP contribution in [-0.2, 0) is 13.0 Å². The molecule has 2 aromatic heterocycles. The monoisotopic (exact) mass is 310 g/mol. The van der Waals surface area contributed by atoms with E-state index in [1.807, 2.05) is 29.2 Å². The van der Waals surface area contributed by atoms with E-state index in [-0.39, 0.29) is 11.5 Å². The summed E-state index contributed by atoms with van der Waals surface area (Å²) >= 11 is 1.75. The molecule has 1 aromatic carbocycles. The third kappa shape index (κ3) is 2.14. The second-order valence-corrected chi connectivity index (χ2v) is 6.44. The predicted molar refractivity (Wildman–Crippen MR) is 87.3 cm³/mol. The van der Waals surface area contributed by atoms with Gasteiger partial charge in [-0.3, -0.25) is 9.59 Å². The van der Waals surface area contributed by atoms with Gasteiger partial charge in [0.05, 0.1) is 5.56 Å². The van der Waals surface area contributed by atoms with Gasteiger partial charge in [-0.1, -0.05) is 18.2 Å². The number of fused-ring (bicyclic) bond motifs is 2. The summed E-state index contributed by atoms with van der Waals surface area (Å²) in [6.07, 6.45) is 0.889. The summed E-state index contributed by atoms with van der Waals surface area (Å²) < 4.78 is 0. The molecule has 22 heavy (non-hydrogen) atoms. The number of thiophene rings is 1. The zero-order chi connectivity index (χ0) is 15.1. The lowest BCUT2D eigenvalue weighted by Crippen LogP contribution is -2.36. The SMILES string of the molecule is O=C(c1cc(=O)[nH]c2ccccc12)N1CCc2sccc2C1. The summed E-state index contributed by atoms with van der Waals surface area (Å²) in [6.45, 7) is 1.33. The van der Waals surface area contributed by atoms with E-state index in [1.165, 1.54) is 16.5 Å². The number of benzene rings is 1. The third-order valence-corrected chi connectivity index (χ3v) is 5.10. The average molecular weight is 310 g/mol. The Morgan fingerprint density at radius 2 is 2.09 bits per heavy atom. The maximum absolute atomic E-state index is 12.9. The molecule has 1 N–H and O–H groups in total. The van der Waals surface area contributed by atoms with E-state index in [2.05, 4.69) is 16.4 Å². The van der Waals surface area contributed by atoms with Crippen LogP contribution in [0.3, 0.4) is 0 Å². The smallest absolute Gasteiger partial charge is 0.255 e. The lowest BCUT2D eigenvalue weighted by atomic mass is 10.1. The van der Waals surface area contributed by atoms with E-state index in [0.717, 1.165) is 11.8 Å². The lowest BCUT2D eigenvalue weighted by molar-refractivity contribution is 0.0737. The van der Waals surface area contributed by atoms with Crippen molar-refractivity contribution >= 4 is 28.1 Å². The van der Waals surface area contributed by atoms with Gasteiger partial charge in [0.1, 0.15) is 0 Å². The number of amides is 1. The van der Waals surface area contributed by atoms with E-state index >= 15 is 0 Å². The fourth-order valence-electron chi connectivity index (χ4n) is 2.97. The van der Waals surface area contributed by atoms with Gasteiger partial charge in [0.25, 0.3) is 5.91 Å². The molecule has 0 radical (unpaired) electrons. The fraction of sp³-hybridized carbons (Fsp3) is 0.176. The second kappa shape index (κ2) is 5.10. The van der Waals surface area contributed by atoms with E-state index in [4.69, 9.17) is 0 Å². The molecule has 1 aliphatic heterocycles. The molecule has 5 heteroatoms. The van der Waals surface area contributed by atoms with Crippen LogP contribution in [0.4, 0.5) is 0 Å². The van der Waals surface area contributed by atoms with Crippen molar-refractivity contribution in [3.63, 3.8) is 0 Å². The van der Waals surface area contributed by atoms with Crippen LogP contribution in [0, 0.1) is 0 Å². The number of para-hydroxylation sites is 1. The molecule has 0 aliphatic carbocycles. The van der Waals surface area contributed by atoms with Crippen molar-refractivity contribution in [3.8, 4) is 0 Å². The van der Waals surface area contributed by atoms with Crippen LogP contribution < -0.4 is 5.56 Å². The first-order valence-corrected chi connectivity index (χ1v) is 8.07. The highest BCUT2D eigenvalue weighted by Gasteiger charge is 2.24. The van der Waals surface area contributed by atoms with Crippen molar-refractivity contribution in [1.29, 1.82) is 0 Å². The number of nitrogens with zero attached hydrogens (tertiary/aromatic N) is 1. The first kappa shape index (κ1) is 13.3. The Labute approximate surface area is 131 Å². The van der Waals surface area contributed by atoms with Gasteiger partial charge in [-0.05, 0) is 29.5 Å². The minimum absolute atomic E-state index is 0.0702. The lowest BCUT2D eigenvalue weighted by Gasteiger charge is -2.27. The molecule has 3 aromatic rings. The molecule has 0 saturated heterocycles. The highest BCUT2D eigenvalue weighted by atomic mass is 32.1. The molecule has 0 fully saturated rings. The number of aromatic nitrogens is 1. The van der Waals surface area contributed by atoms with Gasteiger partial charge in [-0.25, -0.2) is 0 Å². The van der Waals surface area contributed by atoms with Crippen molar-refractivity contribution in [2.75, 3.05) is 6.54 Å². The molecule has 0 bridgehead atoms. The molecule has 4 nitrogen and oxygen atoms in total. The number of hydrogen-bond donors (Lipinski definition) is 1. The van der Waals surface area contributed by atoms with Crippen molar-refractivity contribution in [2.24, 2.45) is 0 Å². The van der Waals surface area contributed by atoms with Gasteiger partial charge >= 0.3 is 0 Å². The van der Waals surface area contributed by atoms with Crippen LogP contribution in [0.5, 0.6) is 0 Å². The maximum Gasteiger partial charge on any atom is 0.255 e. The summed E-state index contributed by atoms with van der Waals surface area (Å²) in [5, 5.41) is 2.87. The van der Waals surface area contributed by atoms with Gasteiger partial charge < -0.3 is 9.88 Å². The summed E-state index contributed by atoms with van der Waals surface area (Å²) in [7, 11) is 0. The van der Waals surface area contributed by atoms with Gasteiger partial charge in [-0.15, -0.1) is 11.3 Å². The predicted octanol–water partition coefficient (Wildman–Crippen LogP) is 2.79. The second-order valence-electron chi connectivity index (χ2n) is 5.44. The number of pyridine rings is 1. The minimum Gasteiger partial charge on any atom is -0.334 e. The largest absolute Gasteiger partial charge is 0.334 e. The molecular weight excluding hydrogens is 296 g/mol. The molecule has 110 valence electrons. The van der Waals surface area contributed by atoms with Crippen LogP contribution in [0.2, 0.25) is 0 Å². The van der Waals surface area contributed by atoms with Crippen LogP contribution in [0.25, 0.3) is 10.9 Å². The number of rotatable bonds is 1. The number of aromatic amines is 1. The van der Waals surface area contributed by atoms with Crippen LogP contribution >= 0.6 is 11.3 Å². The highest BCUT2D eigenvalue weighted by Crippen LogP contribution is 2.26. The topological polar surface area (TPSA) is 53.2 Å². The Balaban J connectivity index is 1.76. The summed E-state index contributed by atoms with van der Waals surface area (Å²) in [4.78, 5) is 30.7. The molecule has 4 rings (SSSR count). The molecule has 3 heterocycles. The van der Waals surface area contributed by atoms with Crippen LogP contribution in [-0.4, -0.2) is 22.3 Å². The standard InChI is InChI=1S/C17H14N2O2S/c20-16-9-13(12-3-1-2-4-14(12)18-16)17(21)19-7-5-15-11(10-19)6-8-22-15/h1-4,6,8-9H,5,7,10H2,(H,18,20). The Morgan fingerprint density at radius 3 is 3.00 bits per heavy atom. The molecule has 0 unspecified atom stereocenters. The van der Waals surface area contributed by atoms with Gasteiger partial charge in [-0.2, -0.15) is 0 Å². The van der Waals surface area contributed by atoms with Crippen LogP contribution in [0.1, 0.15) is 20.8 Å². The van der Waals surface area contributed by atoms with Crippen LogP contribution in [0.15, 0.2) is 46.6 Å². The third-order valence-electron chi connectivity index (χ3n) is 4.08. The number of carbonyl (C=O) groups excluding carboxylic acids is 1. The molecule has 1 amide bonds. The van der Waals surface area contributed by atoms with Gasteiger partial charge in [0.2, 0.25) is 5.56 Å². The Kier molecular flexibility index (Phi) is 3.08. The Morgan fingerprint density at radius 1 is 1.23 bits per heavy atom. The molecule has 1 aliphatic rings. The maximum atomic E-state index is 12.9. The first-order valence-electron chi connectivity index (χ1n) is 7.19. The quantitative estimate of drug-likeness (QED) is 0.751. The fourth-order valence-corrected chi connectivity index (χ4v) is 3.86. The molecule has 0 spiro atoms. The van der Waals surface area contributed by atoms with E-state index in [9.17, 15) is 9.59 Å². The number of nitrogens with one attached hydrogen (secondary N) is 1. The molecule has 0 saturated carbocycles. The van der Waals surface area contributed by atoms with Crippen molar-refractivity contribution in [2.45, 2.75) is 13.0 Å². The summed E-state index contributed by atoms with van der Waals surface area (Å²) in [6, 6.07) is 10.9. The first-order chi connectivity index (χ1) is 10.7. The van der Waals surface area contributed by atoms with Crippen molar-refractivity contribution in [1.82, 2.24) is 9.88 Å². The molecular formula is C17H14N2O2S. The van der Waals surface area contributed by atoms with E-state index in [1.54, 1.807) is 11.3 Å². The van der Waals surface area contributed by atoms with E-state index < -0.39 is 0 Å². The Hall–Kier alpha value is -2.40. The number of hydrogen-bond acceptors (Lipinski definition) is 3. The average Bonchev–Trinajstić information content (AvgIpc) is 3.00. The Bertz CT molecular complexity index is 926. The molecule has 0 atom stereocenters. The van der Waals surface area contributed by atoms with Gasteiger partial charge in [0, 0.05) is 34.9 Å². The minimum atomic E-state index is -0.240. The normalized spacial score (nSPS) is 14.1. The van der Waals surface area contributed by atoms with E-state index in [0.29, 0.717) is 24.2 Å². The zero-order valence-corrected chi connectivity index (χ0v) is 12.7. The van der Waals surface area contributed by atoms with Crippen molar-refractivity contribution < 1.29 is 4.79 Å².